The second kappa shape index (κ2) is 7.26. The molecule has 3 heteroatoms. The Morgan fingerprint density at radius 1 is 0.481 bits per heavy atom. The van der Waals surface area contributed by atoms with Gasteiger partial charge in [-0.05, 0) is 47.5 Å². The minimum absolute atomic E-state index is 0.696. The van der Waals surface area contributed by atoms with Crippen molar-refractivity contribution >= 4 is 11.4 Å². The van der Waals surface area contributed by atoms with Crippen LogP contribution in [0.25, 0.3) is 22.3 Å². The van der Waals surface area contributed by atoms with Crippen molar-refractivity contribution < 1.29 is 4.74 Å². The highest BCUT2D eigenvalue weighted by Gasteiger charge is 2.12. The number of nitrogen functional groups attached to an aromatic ring is 2. The summed E-state index contributed by atoms with van der Waals surface area (Å²) < 4.78 is 6.35. The molecule has 0 amide bonds. The minimum Gasteiger partial charge on any atom is -0.456 e. The maximum Gasteiger partial charge on any atom is 0.135 e. The first-order valence-electron chi connectivity index (χ1n) is 8.78. The molecule has 0 spiro atoms. The summed E-state index contributed by atoms with van der Waals surface area (Å²) in [7, 11) is 0. The van der Waals surface area contributed by atoms with E-state index in [1.165, 1.54) is 0 Å². The molecule has 4 N–H and O–H groups in total. The van der Waals surface area contributed by atoms with Gasteiger partial charge in [0.1, 0.15) is 11.5 Å². The van der Waals surface area contributed by atoms with Gasteiger partial charge in [-0.25, -0.2) is 0 Å². The Morgan fingerprint density at radius 3 is 1.30 bits per heavy atom. The predicted molar refractivity (Wildman–Crippen MR) is 113 cm³/mol. The second-order valence-electron chi connectivity index (χ2n) is 6.35. The number of nitrogens with two attached hydrogens (primary N) is 2. The van der Waals surface area contributed by atoms with Gasteiger partial charge in [-0.15, -0.1) is 0 Å². The third-order valence-electron chi connectivity index (χ3n) is 4.40. The fraction of sp³-hybridized carbons (Fsp3) is 0. The molecule has 4 aromatic rings. The summed E-state index contributed by atoms with van der Waals surface area (Å²) in [6.07, 6.45) is 0. The van der Waals surface area contributed by atoms with Gasteiger partial charge in [0.2, 0.25) is 0 Å². The number of benzene rings is 4. The zero-order valence-corrected chi connectivity index (χ0v) is 14.8. The van der Waals surface area contributed by atoms with Crippen molar-refractivity contribution in [2.24, 2.45) is 0 Å². The molecular weight excluding hydrogens is 332 g/mol. The second-order valence-corrected chi connectivity index (χ2v) is 6.35. The number of anilines is 2. The molecule has 0 saturated carbocycles. The zero-order chi connectivity index (χ0) is 18.6. The Hall–Kier alpha value is -3.72. The molecule has 0 aliphatic carbocycles. The summed E-state index contributed by atoms with van der Waals surface area (Å²) in [5.41, 5.74) is 17.5. The van der Waals surface area contributed by atoms with Crippen LogP contribution in [0.5, 0.6) is 11.5 Å². The lowest BCUT2D eigenvalue weighted by Gasteiger charge is -2.16. The molecule has 4 aromatic carbocycles. The number of hydrogen-bond donors (Lipinski definition) is 2. The van der Waals surface area contributed by atoms with Gasteiger partial charge in [0.15, 0.2) is 0 Å². The summed E-state index contributed by atoms with van der Waals surface area (Å²) in [5.74, 6) is 1.50. The SMILES string of the molecule is Nc1ccc(Oc2ccc(N)cc2-c2ccccc2)c(-c2ccccc2)c1. The molecule has 0 aliphatic heterocycles. The van der Waals surface area contributed by atoms with Gasteiger partial charge in [-0.3, -0.25) is 0 Å². The number of hydrogen-bond acceptors (Lipinski definition) is 3. The van der Waals surface area contributed by atoms with E-state index in [0.29, 0.717) is 11.4 Å². The van der Waals surface area contributed by atoms with Crippen LogP contribution in [0.15, 0.2) is 97.1 Å². The molecule has 0 unspecified atom stereocenters. The van der Waals surface area contributed by atoms with E-state index in [9.17, 15) is 0 Å². The van der Waals surface area contributed by atoms with E-state index in [0.717, 1.165) is 33.8 Å². The fourth-order valence-electron chi connectivity index (χ4n) is 3.08. The van der Waals surface area contributed by atoms with Gasteiger partial charge in [0, 0.05) is 22.5 Å². The van der Waals surface area contributed by atoms with Crippen LogP contribution < -0.4 is 16.2 Å². The molecule has 0 radical (unpaired) electrons. The molecule has 0 fully saturated rings. The third-order valence-corrected chi connectivity index (χ3v) is 4.40. The van der Waals surface area contributed by atoms with Crippen LogP contribution in [0.4, 0.5) is 11.4 Å². The van der Waals surface area contributed by atoms with Crippen molar-refractivity contribution in [2.75, 3.05) is 11.5 Å². The van der Waals surface area contributed by atoms with Crippen LogP contribution in [0.2, 0.25) is 0 Å². The number of ether oxygens (including phenoxy) is 1. The average Bonchev–Trinajstić information content (AvgIpc) is 2.72. The molecule has 3 nitrogen and oxygen atoms in total. The fourth-order valence-corrected chi connectivity index (χ4v) is 3.08. The van der Waals surface area contributed by atoms with E-state index < -0.39 is 0 Å². The summed E-state index contributed by atoms with van der Waals surface area (Å²) in [4.78, 5) is 0. The van der Waals surface area contributed by atoms with E-state index in [1.54, 1.807) is 0 Å². The first-order chi connectivity index (χ1) is 13.2. The van der Waals surface area contributed by atoms with Crippen molar-refractivity contribution in [3.05, 3.63) is 97.1 Å². The van der Waals surface area contributed by atoms with E-state index in [1.807, 2.05) is 97.1 Å². The maximum absolute atomic E-state index is 6.35. The highest BCUT2D eigenvalue weighted by Crippen LogP contribution is 2.39. The van der Waals surface area contributed by atoms with Gasteiger partial charge in [0.05, 0.1) is 0 Å². The molecule has 0 atom stereocenters. The molecule has 0 aliphatic rings. The van der Waals surface area contributed by atoms with Crippen molar-refractivity contribution in [3.8, 4) is 33.8 Å². The van der Waals surface area contributed by atoms with Crippen LogP contribution in [-0.4, -0.2) is 0 Å². The monoisotopic (exact) mass is 352 g/mol. The van der Waals surface area contributed by atoms with Crippen LogP contribution >= 0.6 is 0 Å². The van der Waals surface area contributed by atoms with Crippen LogP contribution in [0.3, 0.4) is 0 Å². The highest BCUT2D eigenvalue weighted by molar-refractivity contribution is 5.77. The van der Waals surface area contributed by atoms with E-state index >= 15 is 0 Å². The Kier molecular flexibility index (Phi) is 4.50. The molecule has 0 saturated heterocycles. The van der Waals surface area contributed by atoms with Gasteiger partial charge in [-0.2, -0.15) is 0 Å². The molecule has 4 rings (SSSR count). The van der Waals surface area contributed by atoms with Crippen molar-refractivity contribution in [2.45, 2.75) is 0 Å². The lowest BCUT2D eigenvalue weighted by molar-refractivity contribution is 0.486. The van der Waals surface area contributed by atoms with E-state index in [2.05, 4.69) is 0 Å². The van der Waals surface area contributed by atoms with Crippen molar-refractivity contribution in [1.29, 1.82) is 0 Å². The lowest BCUT2D eigenvalue weighted by Crippen LogP contribution is -1.94. The highest BCUT2D eigenvalue weighted by atomic mass is 16.5. The van der Waals surface area contributed by atoms with Crippen molar-refractivity contribution in [1.82, 2.24) is 0 Å². The first-order valence-corrected chi connectivity index (χ1v) is 8.78. The average molecular weight is 352 g/mol. The predicted octanol–water partition coefficient (Wildman–Crippen LogP) is 5.98. The minimum atomic E-state index is 0.696. The smallest absolute Gasteiger partial charge is 0.135 e. The maximum atomic E-state index is 6.35. The Balaban J connectivity index is 1.80. The van der Waals surface area contributed by atoms with Crippen LogP contribution in [-0.2, 0) is 0 Å². The quantitative estimate of drug-likeness (QED) is 0.444. The third kappa shape index (κ3) is 3.62. The van der Waals surface area contributed by atoms with Gasteiger partial charge < -0.3 is 16.2 Å². The molecule has 0 bridgehead atoms. The van der Waals surface area contributed by atoms with E-state index in [-0.39, 0.29) is 0 Å². The first kappa shape index (κ1) is 16.7. The van der Waals surface area contributed by atoms with Crippen LogP contribution in [0, 0.1) is 0 Å². The van der Waals surface area contributed by atoms with Gasteiger partial charge in [0.25, 0.3) is 0 Å². The topological polar surface area (TPSA) is 61.3 Å². The molecule has 27 heavy (non-hydrogen) atoms. The Bertz CT molecular complexity index is 973. The molecule has 132 valence electrons. The van der Waals surface area contributed by atoms with Crippen LogP contribution in [0.1, 0.15) is 0 Å². The number of rotatable bonds is 4. The molecular formula is C24H20N2O. The summed E-state index contributed by atoms with van der Waals surface area (Å²) >= 11 is 0. The van der Waals surface area contributed by atoms with Gasteiger partial charge in [-0.1, -0.05) is 60.7 Å². The summed E-state index contributed by atoms with van der Waals surface area (Å²) in [6.45, 7) is 0. The summed E-state index contributed by atoms with van der Waals surface area (Å²) in [6, 6.07) is 31.5. The lowest BCUT2D eigenvalue weighted by atomic mass is 10.0. The Labute approximate surface area is 158 Å². The summed E-state index contributed by atoms with van der Waals surface area (Å²) in [5, 5.41) is 0. The van der Waals surface area contributed by atoms with Gasteiger partial charge >= 0.3 is 0 Å². The van der Waals surface area contributed by atoms with E-state index in [4.69, 9.17) is 16.2 Å². The van der Waals surface area contributed by atoms with Crippen molar-refractivity contribution in [3.63, 3.8) is 0 Å². The normalized spacial score (nSPS) is 10.5. The largest absolute Gasteiger partial charge is 0.456 e. The molecule has 0 heterocycles. The standard InChI is InChI=1S/C24H20N2O/c25-19-11-13-23(21(15-19)17-7-3-1-4-8-17)27-24-14-12-20(26)16-22(24)18-9-5-2-6-10-18/h1-16H,25-26H2. The zero-order valence-electron chi connectivity index (χ0n) is 14.8. The molecule has 0 aromatic heterocycles. The Morgan fingerprint density at radius 2 is 0.889 bits per heavy atom.